The van der Waals surface area contributed by atoms with Gasteiger partial charge in [-0.3, -0.25) is 9.59 Å². The Balaban J connectivity index is 1.88. The first kappa shape index (κ1) is 19.8. The molecule has 0 aliphatic heterocycles. The number of hydrazone groups is 1. The number of nitrogens with zero attached hydrogens (tertiary/aromatic N) is 1. The highest BCUT2D eigenvalue weighted by molar-refractivity contribution is 6.03. The molecule has 0 atom stereocenters. The topological polar surface area (TPSA) is 98.2 Å². The van der Waals surface area contributed by atoms with Crippen LogP contribution in [0, 0.1) is 0 Å². The van der Waals surface area contributed by atoms with Crippen LogP contribution in [0.15, 0.2) is 47.6 Å². The van der Waals surface area contributed by atoms with Gasteiger partial charge in [0.1, 0.15) is 23.7 Å². The van der Waals surface area contributed by atoms with Gasteiger partial charge in [-0.15, -0.1) is 0 Å². The molecule has 0 aromatic heterocycles. The summed E-state index contributed by atoms with van der Waals surface area (Å²) in [6.07, 6.45) is 1.06. The maximum Gasteiger partial charge on any atom is 0.249 e. The highest BCUT2D eigenvalue weighted by Gasteiger charge is 2.09. The van der Waals surface area contributed by atoms with Gasteiger partial charge in [-0.25, -0.2) is 5.43 Å². The van der Waals surface area contributed by atoms with E-state index >= 15 is 0 Å². The number of carbonyl (C=O) groups is 2. The smallest absolute Gasteiger partial charge is 0.249 e. The van der Waals surface area contributed by atoms with E-state index in [0.29, 0.717) is 28.5 Å². The predicted octanol–water partition coefficient (Wildman–Crippen LogP) is 2.19. The van der Waals surface area contributed by atoms with Crippen molar-refractivity contribution in [3.8, 4) is 17.2 Å². The number of benzene rings is 2. The van der Waals surface area contributed by atoms with E-state index in [4.69, 9.17) is 14.2 Å². The molecule has 0 aliphatic rings. The van der Waals surface area contributed by atoms with Gasteiger partial charge in [-0.2, -0.15) is 5.10 Å². The van der Waals surface area contributed by atoms with Gasteiger partial charge in [0.05, 0.1) is 27.5 Å². The van der Waals surface area contributed by atoms with Gasteiger partial charge < -0.3 is 19.5 Å². The Hall–Kier alpha value is -3.55. The van der Waals surface area contributed by atoms with Crippen LogP contribution < -0.4 is 25.0 Å². The van der Waals surface area contributed by atoms with Crippen molar-refractivity contribution in [2.45, 2.75) is 6.42 Å². The minimum Gasteiger partial charge on any atom is -0.497 e. The number of nitrogens with one attached hydrogen (secondary N) is 2. The highest BCUT2D eigenvalue weighted by Crippen LogP contribution is 2.23. The van der Waals surface area contributed by atoms with Crippen molar-refractivity contribution in [2.75, 3.05) is 26.6 Å². The molecule has 8 heteroatoms. The number of carbonyl (C=O) groups excluding carboxylic acids is 2. The summed E-state index contributed by atoms with van der Waals surface area (Å²) in [5, 5.41) is 6.47. The molecular formula is C19H21N3O5. The summed E-state index contributed by atoms with van der Waals surface area (Å²) < 4.78 is 15.4. The number of methoxy groups -OCH3 is 3. The molecule has 0 radical (unpaired) electrons. The zero-order chi connectivity index (χ0) is 19.6. The van der Waals surface area contributed by atoms with Crippen molar-refractivity contribution in [3.63, 3.8) is 0 Å². The van der Waals surface area contributed by atoms with Crippen molar-refractivity contribution < 1.29 is 23.8 Å². The second-order valence-electron chi connectivity index (χ2n) is 5.36. The first-order valence-electron chi connectivity index (χ1n) is 8.03. The molecule has 142 valence electrons. The SMILES string of the molecule is COc1cccc(NC(=O)CC(=O)NN=Cc2ccc(OC)cc2OC)c1. The van der Waals surface area contributed by atoms with Gasteiger partial charge in [0, 0.05) is 23.4 Å². The Morgan fingerprint density at radius 3 is 2.41 bits per heavy atom. The van der Waals surface area contributed by atoms with Gasteiger partial charge in [-0.1, -0.05) is 6.07 Å². The monoisotopic (exact) mass is 371 g/mol. The first-order valence-corrected chi connectivity index (χ1v) is 8.03. The molecule has 2 amide bonds. The van der Waals surface area contributed by atoms with E-state index in [1.54, 1.807) is 49.6 Å². The fourth-order valence-electron chi connectivity index (χ4n) is 2.19. The van der Waals surface area contributed by atoms with Gasteiger partial charge in [0.25, 0.3) is 0 Å². The largest absolute Gasteiger partial charge is 0.497 e. The molecule has 2 rings (SSSR count). The average molecular weight is 371 g/mol. The predicted molar refractivity (Wildman–Crippen MR) is 102 cm³/mol. The summed E-state index contributed by atoms with van der Waals surface area (Å²) in [5.74, 6) is 0.790. The van der Waals surface area contributed by atoms with Gasteiger partial charge in [0.2, 0.25) is 11.8 Å². The molecule has 2 aromatic carbocycles. The summed E-state index contributed by atoms with van der Waals surface area (Å²) in [7, 11) is 4.61. The van der Waals surface area contributed by atoms with Crippen LogP contribution >= 0.6 is 0 Å². The Bertz CT molecular complexity index is 836. The van der Waals surface area contributed by atoms with E-state index in [1.807, 2.05) is 0 Å². The molecule has 0 spiro atoms. The summed E-state index contributed by atoms with van der Waals surface area (Å²) in [6, 6.07) is 12.0. The average Bonchev–Trinajstić information content (AvgIpc) is 2.68. The number of amides is 2. The van der Waals surface area contributed by atoms with Crippen LogP contribution in [-0.4, -0.2) is 39.4 Å². The summed E-state index contributed by atoms with van der Waals surface area (Å²) in [4.78, 5) is 23.8. The molecule has 0 saturated carbocycles. The van der Waals surface area contributed by atoms with Crippen molar-refractivity contribution >= 4 is 23.7 Å². The molecule has 27 heavy (non-hydrogen) atoms. The fraction of sp³-hybridized carbons (Fsp3) is 0.211. The Morgan fingerprint density at radius 1 is 0.963 bits per heavy atom. The van der Waals surface area contributed by atoms with Crippen molar-refractivity contribution in [1.82, 2.24) is 5.43 Å². The second-order valence-corrected chi connectivity index (χ2v) is 5.36. The third-order valence-electron chi connectivity index (χ3n) is 3.51. The summed E-state index contributed by atoms with van der Waals surface area (Å²) in [5.41, 5.74) is 3.50. The standard InChI is InChI=1S/C19H21N3O5/c1-25-15-6-4-5-14(9-15)21-18(23)11-19(24)22-20-12-13-7-8-16(26-2)10-17(13)27-3/h4-10,12H,11H2,1-3H3,(H,21,23)(H,22,24). The van der Waals surface area contributed by atoms with Crippen LogP contribution in [0.5, 0.6) is 17.2 Å². The second kappa shape index (κ2) is 9.81. The summed E-state index contributed by atoms with van der Waals surface area (Å²) >= 11 is 0. The first-order chi connectivity index (χ1) is 13.0. The number of hydrogen-bond acceptors (Lipinski definition) is 6. The minimum absolute atomic E-state index is 0.367. The maximum absolute atomic E-state index is 11.9. The van der Waals surface area contributed by atoms with Gasteiger partial charge >= 0.3 is 0 Å². The minimum atomic E-state index is -0.542. The third-order valence-corrected chi connectivity index (χ3v) is 3.51. The number of rotatable bonds is 8. The van der Waals surface area contributed by atoms with E-state index in [1.165, 1.54) is 20.4 Å². The number of ether oxygens (including phenoxy) is 3. The molecule has 8 nitrogen and oxygen atoms in total. The van der Waals surface area contributed by atoms with Crippen LogP contribution in [0.1, 0.15) is 12.0 Å². The lowest BCUT2D eigenvalue weighted by Gasteiger charge is -2.07. The summed E-state index contributed by atoms with van der Waals surface area (Å²) in [6.45, 7) is 0. The van der Waals surface area contributed by atoms with E-state index in [9.17, 15) is 9.59 Å². The van der Waals surface area contributed by atoms with Crippen molar-refractivity contribution in [1.29, 1.82) is 0 Å². The maximum atomic E-state index is 11.9. The van der Waals surface area contributed by atoms with Crippen molar-refractivity contribution in [2.24, 2.45) is 5.10 Å². The lowest BCUT2D eigenvalue weighted by molar-refractivity contribution is -0.126. The zero-order valence-corrected chi connectivity index (χ0v) is 15.3. The van der Waals surface area contributed by atoms with E-state index in [0.717, 1.165) is 0 Å². The molecule has 0 unspecified atom stereocenters. The number of hydrogen-bond donors (Lipinski definition) is 2. The fourth-order valence-corrected chi connectivity index (χ4v) is 2.19. The van der Waals surface area contributed by atoms with E-state index in [2.05, 4.69) is 15.8 Å². The molecule has 2 N–H and O–H groups in total. The normalized spacial score (nSPS) is 10.3. The van der Waals surface area contributed by atoms with Crippen LogP contribution in [0.3, 0.4) is 0 Å². The van der Waals surface area contributed by atoms with Gasteiger partial charge in [0.15, 0.2) is 0 Å². The molecule has 0 aliphatic carbocycles. The lowest BCUT2D eigenvalue weighted by Crippen LogP contribution is -2.24. The van der Waals surface area contributed by atoms with Gasteiger partial charge in [-0.05, 0) is 24.3 Å². The van der Waals surface area contributed by atoms with Crippen LogP contribution in [0.25, 0.3) is 0 Å². The quantitative estimate of drug-likeness (QED) is 0.421. The molecule has 0 heterocycles. The van der Waals surface area contributed by atoms with Crippen molar-refractivity contribution in [3.05, 3.63) is 48.0 Å². The molecule has 0 bridgehead atoms. The Morgan fingerprint density at radius 2 is 1.70 bits per heavy atom. The van der Waals surface area contributed by atoms with E-state index < -0.39 is 11.8 Å². The molecule has 0 fully saturated rings. The zero-order valence-electron chi connectivity index (χ0n) is 15.3. The Labute approximate surface area is 157 Å². The van der Waals surface area contributed by atoms with E-state index in [-0.39, 0.29) is 6.42 Å². The third kappa shape index (κ3) is 6.03. The van der Waals surface area contributed by atoms with Crippen LogP contribution in [-0.2, 0) is 9.59 Å². The van der Waals surface area contributed by atoms with Crippen LogP contribution in [0.2, 0.25) is 0 Å². The molecular weight excluding hydrogens is 350 g/mol. The van der Waals surface area contributed by atoms with Crippen LogP contribution in [0.4, 0.5) is 5.69 Å². The molecule has 0 saturated heterocycles. The highest BCUT2D eigenvalue weighted by atomic mass is 16.5. The lowest BCUT2D eigenvalue weighted by atomic mass is 10.2. The Kier molecular flexibility index (Phi) is 7.18. The number of anilines is 1. The molecule has 2 aromatic rings.